The highest BCUT2D eigenvalue weighted by molar-refractivity contribution is 7.18. The number of thiophene rings is 1. The first-order valence-electron chi connectivity index (χ1n) is 10.9. The molecule has 0 unspecified atom stereocenters. The highest BCUT2D eigenvalue weighted by atomic mass is 35.5. The molecule has 3 rings (SSSR count). The summed E-state index contributed by atoms with van der Waals surface area (Å²) in [6.07, 6.45) is 0. The van der Waals surface area contributed by atoms with Crippen LogP contribution in [0.2, 0.25) is 4.34 Å². The van der Waals surface area contributed by atoms with Gasteiger partial charge in [0.25, 0.3) is 11.8 Å². The molecule has 9 nitrogen and oxygen atoms in total. The summed E-state index contributed by atoms with van der Waals surface area (Å²) in [6, 6.07) is 14.1. The van der Waals surface area contributed by atoms with Crippen LogP contribution in [0.4, 0.5) is 11.4 Å². The van der Waals surface area contributed by atoms with Gasteiger partial charge in [-0.2, -0.15) is 0 Å². The van der Waals surface area contributed by atoms with Crippen LogP contribution in [0.3, 0.4) is 0 Å². The number of halogens is 2. The summed E-state index contributed by atoms with van der Waals surface area (Å²) in [6.45, 7) is 0.214. The predicted molar refractivity (Wildman–Crippen MR) is 143 cm³/mol. The van der Waals surface area contributed by atoms with E-state index in [4.69, 9.17) is 32.7 Å². The number of benzene rings is 2. The maximum absolute atomic E-state index is 12.9. The average molecular weight is 564 g/mol. The third kappa shape index (κ3) is 8.29. The van der Waals surface area contributed by atoms with Crippen LogP contribution in [0.1, 0.15) is 36.0 Å². The van der Waals surface area contributed by atoms with Gasteiger partial charge >= 0.3 is 5.97 Å². The number of hydrogen-bond donors (Lipinski definition) is 3. The number of anilines is 2. The SMILES string of the molecule is COC(=O)c1ccc(CNC(=O)c2ccc(Cl)s2)c(NC(=O)c2ccc(NC(=O)COCCCl)cc2)c1. The highest BCUT2D eigenvalue weighted by Gasteiger charge is 2.15. The van der Waals surface area contributed by atoms with Crippen molar-refractivity contribution in [3.8, 4) is 0 Å². The van der Waals surface area contributed by atoms with Gasteiger partial charge in [-0.05, 0) is 54.1 Å². The van der Waals surface area contributed by atoms with E-state index < -0.39 is 11.9 Å². The fourth-order valence-electron chi connectivity index (χ4n) is 3.11. The molecule has 3 aromatic rings. The predicted octanol–water partition coefficient (Wildman–Crippen LogP) is 4.56. The van der Waals surface area contributed by atoms with E-state index in [1.165, 1.54) is 25.3 Å². The molecule has 0 aliphatic rings. The maximum atomic E-state index is 12.9. The summed E-state index contributed by atoms with van der Waals surface area (Å²) in [5, 5.41) is 8.20. The molecule has 0 radical (unpaired) electrons. The molecule has 3 amide bonds. The Hall–Kier alpha value is -3.44. The largest absolute Gasteiger partial charge is 0.465 e. The van der Waals surface area contributed by atoms with Crippen LogP contribution in [0, 0.1) is 0 Å². The molecule has 0 fully saturated rings. The fourth-order valence-corrected chi connectivity index (χ4v) is 4.18. The van der Waals surface area contributed by atoms with Gasteiger partial charge in [-0.1, -0.05) is 17.7 Å². The van der Waals surface area contributed by atoms with E-state index in [9.17, 15) is 19.2 Å². The summed E-state index contributed by atoms with van der Waals surface area (Å²) in [7, 11) is 1.26. The van der Waals surface area contributed by atoms with Crippen molar-refractivity contribution < 1.29 is 28.7 Å². The molecule has 0 spiro atoms. The summed E-state index contributed by atoms with van der Waals surface area (Å²) >= 11 is 12.6. The molecule has 0 atom stereocenters. The number of hydrogen-bond acceptors (Lipinski definition) is 7. The number of amides is 3. The minimum absolute atomic E-state index is 0.0855. The lowest BCUT2D eigenvalue weighted by Crippen LogP contribution is -2.23. The molecule has 194 valence electrons. The van der Waals surface area contributed by atoms with Crippen molar-refractivity contribution >= 4 is 69.6 Å². The monoisotopic (exact) mass is 563 g/mol. The molecule has 0 aliphatic heterocycles. The normalized spacial score (nSPS) is 10.5. The Morgan fingerprint density at radius 3 is 2.30 bits per heavy atom. The van der Waals surface area contributed by atoms with Crippen LogP contribution >= 0.6 is 34.5 Å². The number of rotatable bonds is 11. The molecule has 12 heteroatoms. The molecule has 37 heavy (non-hydrogen) atoms. The van der Waals surface area contributed by atoms with Crippen molar-refractivity contribution in [3.63, 3.8) is 0 Å². The Morgan fingerprint density at radius 2 is 1.65 bits per heavy atom. The van der Waals surface area contributed by atoms with Crippen LogP contribution in [-0.2, 0) is 20.8 Å². The number of ether oxygens (including phenoxy) is 2. The lowest BCUT2D eigenvalue weighted by molar-refractivity contribution is -0.120. The molecular weight excluding hydrogens is 541 g/mol. The van der Waals surface area contributed by atoms with E-state index >= 15 is 0 Å². The van der Waals surface area contributed by atoms with Crippen LogP contribution < -0.4 is 16.0 Å². The van der Waals surface area contributed by atoms with Gasteiger partial charge in [0.1, 0.15) is 6.61 Å². The minimum atomic E-state index is -0.575. The Kier molecular flexibility index (Phi) is 10.5. The number of methoxy groups -OCH3 is 1. The lowest BCUT2D eigenvalue weighted by atomic mass is 10.1. The van der Waals surface area contributed by atoms with E-state index in [1.807, 2.05) is 0 Å². The summed E-state index contributed by atoms with van der Waals surface area (Å²) in [4.78, 5) is 49.7. The van der Waals surface area contributed by atoms with Gasteiger partial charge in [0.2, 0.25) is 5.91 Å². The average Bonchev–Trinajstić information content (AvgIpc) is 3.34. The molecule has 3 N–H and O–H groups in total. The van der Waals surface area contributed by atoms with E-state index in [2.05, 4.69) is 16.0 Å². The van der Waals surface area contributed by atoms with E-state index in [1.54, 1.807) is 36.4 Å². The second-order valence-corrected chi connectivity index (χ2v) is 9.56. The second kappa shape index (κ2) is 13.8. The molecule has 0 saturated heterocycles. The number of alkyl halides is 1. The second-order valence-electron chi connectivity index (χ2n) is 7.47. The lowest BCUT2D eigenvalue weighted by Gasteiger charge is -2.14. The summed E-state index contributed by atoms with van der Waals surface area (Å²) in [5.74, 6) is -1.41. The standard InChI is InChI=1S/C25H23Cl2N3O6S/c1-35-25(34)16-2-3-17(13-28-24(33)20-8-9-21(27)37-20)19(12-16)30-23(32)15-4-6-18(7-5-15)29-22(31)14-36-11-10-26/h2-9,12H,10-11,13-14H2,1H3,(H,28,33)(H,29,31)(H,30,32). The van der Waals surface area contributed by atoms with Crippen molar-refractivity contribution in [2.24, 2.45) is 0 Å². The van der Waals surface area contributed by atoms with Gasteiger partial charge < -0.3 is 25.4 Å². The quantitative estimate of drug-likeness (QED) is 0.178. The van der Waals surface area contributed by atoms with Gasteiger partial charge in [0, 0.05) is 29.4 Å². The Bertz CT molecular complexity index is 1280. The Balaban J connectivity index is 1.71. The smallest absolute Gasteiger partial charge is 0.337 e. The third-order valence-electron chi connectivity index (χ3n) is 4.90. The van der Waals surface area contributed by atoms with Gasteiger partial charge in [0.05, 0.1) is 28.5 Å². The van der Waals surface area contributed by atoms with Crippen molar-refractivity contribution in [3.05, 3.63) is 80.5 Å². The summed E-state index contributed by atoms with van der Waals surface area (Å²) in [5.41, 5.74) is 1.92. The van der Waals surface area contributed by atoms with Crippen molar-refractivity contribution in [1.82, 2.24) is 5.32 Å². The van der Waals surface area contributed by atoms with Crippen molar-refractivity contribution in [2.75, 3.05) is 36.8 Å². The van der Waals surface area contributed by atoms with Crippen LogP contribution in [0.15, 0.2) is 54.6 Å². The number of carbonyl (C=O) groups excluding carboxylic acids is 4. The minimum Gasteiger partial charge on any atom is -0.465 e. The zero-order valence-electron chi connectivity index (χ0n) is 19.6. The molecule has 0 bridgehead atoms. The fraction of sp³-hybridized carbons (Fsp3) is 0.200. The van der Waals surface area contributed by atoms with Gasteiger partial charge in [-0.15, -0.1) is 22.9 Å². The highest BCUT2D eigenvalue weighted by Crippen LogP contribution is 2.23. The van der Waals surface area contributed by atoms with Crippen LogP contribution in [0.25, 0.3) is 0 Å². The molecule has 1 heterocycles. The van der Waals surface area contributed by atoms with E-state index in [0.29, 0.717) is 31.7 Å². The Labute approximate surface area is 227 Å². The van der Waals surface area contributed by atoms with Crippen LogP contribution in [-0.4, -0.2) is 49.9 Å². The van der Waals surface area contributed by atoms with E-state index in [-0.39, 0.29) is 43.0 Å². The van der Waals surface area contributed by atoms with Gasteiger partial charge in [-0.3, -0.25) is 14.4 Å². The first kappa shape index (κ1) is 28.1. The topological polar surface area (TPSA) is 123 Å². The molecule has 0 saturated carbocycles. The van der Waals surface area contributed by atoms with Crippen LogP contribution in [0.5, 0.6) is 0 Å². The summed E-state index contributed by atoms with van der Waals surface area (Å²) < 4.78 is 10.3. The van der Waals surface area contributed by atoms with Gasteiger partial charge in [0.15, 0.2) is 0 Å². The van der Waals surface area contributed by atoms with Gasteiger partial charge in [-0.25, -0.2) is 4.79 Å². The number of carbonyl (C=O) groups is 4. The third-order valence-corrected chi connectivity index (χ3v) is 6.29. The molecular formula is C25H23Cl2N3O6S. The molecule has 0 aliphatic carbocycles. The van der Waals surface area contributed by atoms with Crippen molar-refractivity contribution in [2.45, 2.75) is 6.54 Å². The molecule has 2 aromatic carbocycles. The number of nitrogens with one attached hydrogen (secondary N) is 3. The first-order valence-corrected chi connectivity index (χ1v) is 12.6. The Morgan fingerprint density at radius 1 is 0.919 bits per heavy atom. The molecule has 1 aromatic heterocycles. The zero-order valence-corrected chi connectivity index (χ0v) is 22.0. The number of esters is 1. The first-order chi connectivity index (χ1) is 17.8. The maximum Gasteiger partial charge on any atom is 0.337 e. The van der Waals surface area contributed by atoms with E-state index in [0.717, 1.165) is 11.3 Å². The van der Waals surface area contributed by atoms with Crippen molar-refractivity contribution in [1.29, 1.82) is 0 Å². The zero-order chi connectivity index (χ0) is 26.8.